The van der Waals surface area contributed by atoms with E-state index in [0.29, 0.717) is 22.9 Å². The molecule has 1 aromatic heterocycles. The monoisotopic (exact) mass is 530 g/mol. The summed E-state index contributed by atoms with van der Waals surface area (Å²) in [6, 6.07) is 2.73. The van der Waals surface area contributed by atoms with Crippen LogP contribution in [0.4, 0.5) is 0 Å². The van der Waals surface area contributed by atoms with Crippen molar-refractivity contribution >= 4 is 22.3 Å². The Hall–Kier alpha value is -4.90. The van der Waals surface area contributed by atoms with Crippen molar-refractivity contribution < 1.29 is 39.9 Å². The van der Waals surface area contributed by atoms with Crippen LogP contribution in [0.25, 0.3) is 21.9 Å². The lowest BCUT2D eigenvalue weighted by atomic mass is 9.75. The minimum absolute atomic E-state index is 0.00416. The summed E-state index contributed by atoms with van der Waals surface area (Å²) in [5, 5.41) is 57.4. The van der Waals surface area contributed by atoms with Crippen LogP contribution in [-0.2, 0) is 19.4 Å². The summed E-state index contributed by atoms with van der Waals surface area (Å²) in [4.78, 5) is 40.5. The molecule has 0 saturated heterocycles. The van der Waals surface area contributed by atoms with Crippen LogP contribution in [0.2, 0.25) is 0 Å². The van der Waals surface area contributed by atoms with Crippen molar-refractivity contribution in [2.45, 2.75) is 26.3 Å². The van der Waals surface area contributed by atoms with E-state index in [0.717, 1.165) is 10.7 Å². The normalized spacial score (nSPS) is 13.6. The predicted molar refractivity (Wildman–Crippen MR) is 137 cm³/mol. The van der Waals surface area contributed by atoms with Gasteiger partial charge in [-0.15, -0.1) is 0 Å². The number of carbonyl (C=O) groups excluding carboxylic acids is 2. The molecule has 2 aliphatic carbocycles. The minimum atomic E-state index is -0.828. The van der Waals surface area contributed by atoms with Gasteiger partial charge in [0.05, 0.1) is 48.5 Å². The molecule has 0 unspecified atom stereocenters. The van der Waals surface area contributed by atoms with Crippen molar-refractivity contribution in [1.29, 1.82) is 0 Å². The van der Waals surface area contributed by atoms with Crippen LogP contribution in [0, 0.1) is 6.92 Å². The van der Waals surface area contributed by atoms with Gasteiger partial charge in [0.1, 0.15) is 28.7 Å². The Morgan fingerprint density at radius 2 is 1.64 bits per heavy atom. The Kier molecular flexibility index (Phi) is 5.20. The molecular weight excluding hydrogens is 508 g/mol. The number of hydrogen-bond acceptors (Lipinski definition) is 10. The summed E-state index contributed by atoms with van der Waals surface area (Å²) in [5.41, 5.74) is -0.776. The average Bonchev–Trinajstić information content (AvgIpc) is 2.91. The second-order valence-corrected chi connectivity index (χ2v) is 9.56. The SMILES string of the molecule is COc1c2c(c(O)c3c1C(=O)c1c(cc(O)c(C)c1O)C3=O)-c1c(cc3cnn(CCO)c(=O)c3c1O)CC2. The van der Waals surface area contributed by atoms with Gasteiger partial charge in [0.25, 0.3) is 5.56 Å². The molecule has 0 saturated carbocycles. The van der Waals surface area contributed by atoms with Crippen LogP contribution in [0.15, 0.2) is 23.1 Å². The number of aromatic hydroxyl groups is 4. The molecule has 6 rings (SSSR count). The van der Waals surface area contributed by atoms with Crippen molar-refractivity contribution in [1.82, 2.24) is 9.78 Å². The predicted octanol–water partition coefficient (Wildman–Crippen LogP) is 2.07. The maximum atomic E-state index is 13.7. The van der Waals surface area contributed by atoms with Crippen LogP contribution in [0.5, 0.6) is 28.7 Å². The Balaban J connectivity index is 1.71. The van der Waals surface area contributed by atoms with E-state index in [2.05, 4.69) is 5.10 Å². The molecule has 2 aliphatic rings. The fourth-order valence-corrected chi connectivity index (χ4v) is 5.73. The third-order valence-electron chi connectivity index (χ3n) is 7.59. The zero-order valence-electron chi connectivity index (χ0n) is 20.8. The van der Waals surface area contributed by atoms with Gasteiger partial charge in [0.15, 0.2) is 5.78 Å². The highest BCUT2D eigenvalue weighted by Crippen LogP contribution is 2.54. The van der Waals surface area contributed by atoms with Crippen LogP contribution in [0.1, 0.15) is 48.5 Å². The van der Waals surface area contributed by atoms with Crippen molar-refractivity contribution in [3.05, 3.63) is 67.6 Å². The molecule has 0 spiro atoms. The Morgan fingerprint density at radius 3 is 2.33 bits per heavy atom. The fourth-order valence-electron chi connectivity index (χ4n) is 5.73. The van der Waals surface area contributed by atoms with Gasteiger partial charge in [-0.2, -0.15) is 5.10 Å². The lowest BCUT2D eigenvalue weighted by Crippen LogP contribution is -2.25. The van der Waals surface area contributed by atoms with E-state index in [1.807, 2.05) is 0 Å². The number of ketones is 2. The first kappa shape index (κ1) is 24.4. The second-order valence-electron chi connectivity index (χ2n) is 9.56. The molecule has 198 valence electrons. The molecule has 0 radical (unpaired) electrons. The lowest BCUT2D eigenvalue weighted by molar-refractivity contribution is 0.0971. The average molecular weight is 530 g/mol. The number of hydrogen-bond donors (Lipinski definition) is 5. The number of aryl methyl sites for hydroxylation is 1. The Bertz CT molecular complexity index is 1870. The number of carbonyl (C=O) groups is 2. The number of ether oxygens (including phenoxy) is 1. The van der Waals surface area contributed by atoms with Gasteiger partial charge in [0, 0.05) is 33.2 Å². The lowest BCUT2D eigenvalue weighted by Gasteiger charge is -2.29. The van der Waals surface area contributed by atoms with E-state index >= 15 is 0 Å². The van der Waals surface area contributed by atoms with Crippen LogP contribution < -0.4 is 10.3 Å². The van der Waals surface area contributed by atoms with E-state index in [4.69, 9.17) is 4.74 Å². The van der Waals surface area contributed by atoms with Crippen LogP contribution in [0.3, 0.4) is 0 Å². The van der Waals surface area contributed by atoms with Gasteiger partial charge in [-0.1, -0.05) is 0 Å². The summed E-state index contributed by atoms with van der Waals surface area (Å²) in [5.74, 6) is -3.57. The summed E-state index contributed by atoms with van der Waals surface area (Å²) in [6.07, 6.45) is 2.01. The highest BCUT2D eigenvalue weighted by atomic mass is 16.5. The molecule has 39 heavy (non-hydrogen) atoms. The number of phenolic OH excluding ortho intramolecular Hbond substituents is 4. The zero-order chi connectivity index (χ0) is 27.9. The number of fused-ring (bicyclic) bond motifs is 6. The number of phenols is 4. The van der Waals surface area contributed by atoms with Crippen molar-refractivity contribution in [2.75, 3.05) is 13.7 Å². The van der Waals surface area contributed by atoms with E-state index < -0.39 is 45.7 Å². The van der Waals surface area contributed by atoms with Crippen molar-refractivity contribution in [3.8, 4) is 39.9 Å². The van der Waals surface area contributed by atoms with E-state index in [1.54, 1.807) is 6.07 Å². The highest BCUT2D eigenvalue weighted by Gasteiger charge is 2.42. The van der Waals surface area contributed by atoms with E-state index in [-0.39, 0.29) is 64.1 Å². The number of methoxy groups -OCH3 is 1. The van der Waals surface area contributed by atoms with Gasteiger partial charge in [-0.3, -0.25) is 14.4 Å². The molecule has 0 fully saturated rings. The first-order valence-electron chi connectivity index (χ1n) is 12.1. The number of benzene rings is 3. The number of rotatable bonds is 3. The molecule has 4 aromatic rings. The number of nitrogens with zero attached hydrogens (tertiary/aromatic N) is 2. The topological polar surface area (TPSA) is 179 Å². The van der Waals surface area contributed by atoms with E-state index in [9.17, 15) is 39.9 Å². The third-order valence-corrected chi connectivity index (χ3v) is 7.59. The molecular formula is C28H22N2O9. The molecule has 0 aliphatic heterocycles. The minimum Gasteiger partial charge on any atom is -0.508 e. The Morgan fingerprint density at radius 1 is 0.897 bits per heavy atom. The fraction of sp³-hybridized carbons (Fsp3) is 0.214. The molecule has 0 amide bonds. The van der Waals surface area contributed by atoms with Gasteiger partial charge in [-0.25, -0.2) is 4.68 Å². The zero-order valence-corrected chi connectivity index (χ0v) is 20.8. The number of aliphatic hydroxyl groups is 1. The van der Waals surface area contributed by atoms with Crippen LogP contribution in [-0.4, -0.2) is 60.6 Å². The van der Waals surface area contributed by atoms with Crippen LogP contribution >= 0.6 is 0 Å². The molecule has 0 atom stereocenters. The smallest absolute Gasteiger partial charge is 0.278 e. The molecule has 5 N–H and O–H groups in total. The number of aliphatic hydroxyl groups excluding tert-OH is 1. The first-order chi connectivity index (χ1) is 18.6. The molecule has 0 bridgehead atoms. The number of aromatic nitrogens is 2. The Labute approximate surface area is 219 Å². The maximum absolute atomic E-state index is 13.7. The summed E-state index contributed by atoms with van der Waals surface area (Å²) >= 11 is 0. The standard InChI is InChI=1S/C28H22N2O9/c1-10-15(32)8-14-19(22(10)33)26(37)21-20(23(14)34)25(36)18-13(27(21)39-2)4-3-11-7-12-9-29-30(5-6-31)28(38)17(12)24(35)16(11)18/h7-9,31-33,35-36H,3-6H2,1-2H3. The quantitative estimate of drug-likeness (QED) is 0.232. The second kappa shape index (κ2) is 8.30. The largest absolute Gasteiger partial charge is 0.508 e. The molecule has 11 nitrogen and oxygen atoms in total. The first-order valence-corrected chi connectivity index (χ1v) is 12.1. The maximum Gasteiger partial charge on any atom is 0.278 e. The molecule has 11 heteroatoms. The van der Waals surface area contributed by atoms with Gasteiger partial charge >= 0.3 is 0 Å². The van der Waals surface area contributed by atoms with Crippen molar-refractivity contribution in [2.24, 2.45) is 0 Å². The third kappa shape index (κ3) is 3.07. The summed E-state index contributed by atoms with van der Waals surface area (Å²) in [6.45, 7) is 0.955. The highest BCUT2D eigenvalue weighted by molar-refractivity contribution is 6.32. The van der Waals surface area contributed by atoms with Gasteiger partial charge in [-0.05, 0) is 37.5 Å². The summed E-state index contributed by atoms with van der Waals surface area (Å²) in [7, 11) is 1.30. The van der Waals surface area contributed by atoms with Gasteiger partial charge < -0.3 is 30.3 Å². The molecule has 3 aromatic carbocycles. The summed E-state index contributed by atoms with van der Waals surface area (Å²) < 4.78 is 6.62. The van der Waals surface area contributed by atoms with E-state index in [1.165, 1.54) is 20.2 Å². The molecule has 1 heterocycles. The van der Waals surface area contributed by atoms with Gasteiger partial charge in [0.2, 0.25) is 5.78 Å². The van der Waals surface area contributed by atoms with Crippen molar-refractivity contribution in [3.63, 3.8) is 0 Å².